The van der Waals surface area contributed by atoms with Gasteiger partial charge in [0.15, 0.2) is 0 Å². The molecule has 0 N–H and O–H groups in total. The molecule has 2 aliphatic heterocycles. The first-order chi connectivity index (χ1) is 15.2. The number of nitrogens with zero attached hydrogens (tertiary/aromatic N) is 3. The van der Waals surface area contributed by atoms with Crippen LogP contribution >= 0.6 is 0 Å². The van der Waals surface area contributed by atoms with Crippen molar-refractivity contribution < 1.29 is 19.1 Å². The Bertz CT molecular complexity index is 764. The number of piperidine rings is 1. The zero-order valence-electron chi connectivity index (χ0n) is 20.1. The SMILES string of the molecule is CO[C@]1(C)CCCN(C)CC2(CCN(Cc3cccnc3)CC2)OC(=O)C(C)C(=O)CC1. The van der Waals surface area contributed by atoms with E-state index in [0.717, 1.165) is 51.9 Å². The molecule has 2 fully saturated rings. The van der Waals surface area contributed by atoms with Gasteiger partial charge in [0, 0.05) is 64.9 Å². The number of ketones is 1. The van der Waals surface area contributed by atoms with Crippen LogP contribution in [0.25, 0.3) is 0 Å². The summed E-state index contributed by atoms with van der Waals surface area (Å²) >= 11 is 0. The molecule has 0 amide bonds. The molecule has 1 aromatic rings. The molecule has 32 heavy (non-hydrogen) atoms. The van der Waals surface area contributed by atoms with Gasteiger partial charge in [0.05, 0.1) is 5.60 Å². The van der Waals surface area contributed by atoms with Crippen molar-refractivity contribution in [3.05, 3.63) is 30.1 Å². The Balaban J connectivity index is 1.71. The number of ether oxygens (including phenoxy) is 2. The van der Waals surface area contributed by atoms with Crippen LogP contribution in [0.4, 0.5) is 0 Å². The van der Waals surface area contributed by atoms with E-state index in [1.54, 1.807) is 20.2 Å². The standard InChI is InChI=1S/C25H39N3O4/c1-20-22(29)8-10-24(2,31-4)9-6-14-27(3)19-25(32-23(20)30)11-15-28(16-12-25)18-21-7-5-13-26-17-21/h5,7,13,17,20H,6,8-12,14-16,18-19H2,1-4H3/t20?,24-/m1/s1. The van der Waals surface area contributed by atoms with Crippen molar-refractivity contribution in [3.8, 4) is 0 Å². The van der Waals surface area contributed by atoms with Crippen LogP contribution in [0.15, 0.2) is 24.5 Å². The smallest absolute Gasteiger partial charge is 0.316 e. The van der Waals surface area contributed by atoms with Crippen molar-refractivity contribution in [2.24, 2.45) is 5.92 Å². The third-order valence-electron chi connectivity index (χ3n) is 7.25. The van der Waals surface area contributed by atoms with Gasteiger partial charge in [-0.05, 0) is 58.3 Å². The molecule has 3 rings (SSSR count). The number of aromatic nitrogens is 1. The number of methoxy groups -OCH3 is 1. The number of esters is 1. The molecular weight excluding hydrogens is 406 g/mol. The summed E-state index contributed by atoms with van der Waals surface area (Å²) in [5.41, 5.74) is 0.293. The quantitative estimate of drug-likeness (QED) is 0.523. The lowest BCUT2D eigenvalue weighted by Crippen LogP contribution is -2.53. The molecule has 2 saturated heterocycles. The van der Waals surface area contributed by atoms with Crippen molar-refractivity contribution in [2.45, 2.75) is 70.1 Å². The van der Waals surface area contributed by atoms with Gasteiger partial charge < -0.3 is 14.4 Å². The summed E-state index contributed by atoms with van der Waals surface area (Å²) in [5, 5.41) is 0. The molecule has 178 valence electrons. The topological polar surface area (TPSA) is 72.0 Å². The molecule has 1 unspecified atom stereocenters. The van der Waals surface area contributed by atoms with Crippen LogP contribution in [0, 0.1) is 5.92 Å². The Morgan fingerprint density at radius 3 is 2.59 bits per heavy atom. The second-order valence-electron chi connectivity index (χ2n) is 9.92. The molecule has 1 aromatic heterocycles. The van der Waals surface area contributed by atoms with E-state index in [9.17, 15) is 9.59 Å². The average Bonchev–Trinajstić information content (AvgIpc) is 2.79. The van der Waals surface area contributed by atoms with Crippen LogP contribution < -0.4 is 0 Å². The van der Waals surface area contributed by atoms with Crippen molar-refractivity contribution >= 4 is 11.8 Å². The number of Topliss-reactive ketones (excluding diaryl/α,β-unsaturated/α-hetero) is 1. The highest BCUT2D eigenvalue weighted by Crippen LogP contribution is 2.31. The molecule has 0 aromatic carbocycles. The van der Waals surface area contributed by atoms with Crippen molar-refractivity contribution in [2.75, 3.05) is 40.3 Å². The summed E-state index contributed by atoms with van der Waals surface area (Å²) in [6, 6.07) is 4.05. The predicted octanol–water partition coefficient (Wildman–Crippen LogP) is 3.08. The summed E-state index contributed by atoms with van der Waals surface area (Å²) < 4.78 is 11.9. The molecule has 0 bridgehead atoms. The van der Waals surface area contributed by atoms with E-state index in [1.807, 2.05) is 12.3 Å². The maximum Gasteiger partial charge on any atom is 0.316 e. The second kappa shape index (κ2) is 10.9. The number of rotatable bonds is 3. The molecule has 7 heteroatoms. The van der Waals surface area contributed by atoms with Crippen molar-refractivity contribution in [1.82, 2.24) is 14.8 Å². The van der Waals surface area contributed by atoms with Crippen LogP contribution in [0.1, 0.15) is 57.9 Å². The lowest BCUT2D eigenvalue weighted by molar-refractivity contribution is -0.173. The molecule has 7 nitrogen and oxygen atoms in total. The molecule has 0 radical (unpaired) electrons. The summed E-state index contributed by atoms with van der Waals surface area (Å²) in [4.78, 5) is 34.6. The number of likely N-dealkylation sites (N-methyl/N-ethyl adjacent to an activating group) is 1. The zero-order chi connectivity index (χ0) is 23.2. The maximum absolute atomic E-state index is 13.0. The first kappa shape index (κ1) is 24.8. The Hall–Kier alpha value is -1.83. The second-order valence-corrected chi connectivity index (χ2v) is 9.92. The Labute approximate surface area is 192 Å². The van der Waals surface area contributed by atoms with Gasteiger partial charge in [0.2, 0.25) is 0 Å². The summed E-state index contributed by atoms with van der Waals surface area (Å²) in [6.45, 7) is 7.87. The minimum absolute atomic E-state index is 0.0601. The predicted molar refractivity (Wildman–Crippen MR) is 123 cm³/mol. The summed E-state index contributed by atoms with van der Waals surface area (Å²) in [6.07, 6.45) is 8.03. The largest absolute Gasteiger partial charge is 0.457 e. The van der Waals surface area contributed by atoms with E-state index in [1.165, 1.54) is 5.56 Å². The molecule has 2 atom stereocenters. The highest BCUT2D eigenvalue weighted by Gasteiger charge is 2.41. The van der Waals surface area contributed by atoms with Gasteiger partial charge in [0.25, 0.3) is 0 Å². The van der Waals surface area contributed by atoms with E-state index in [4.69, 9.17) is 9.47 Å². The van der Waals surface area contributed by atoms with Gasteiger partial charge in [-0.3, -0.25) is 19.5 Å². The van der Waals surface area contributed by atoms with E-state index < -0.39 is 11.5 Å². The Morgan fingerprint density at radius 2 is 1.94 bits per heavy atom. The van der Waals surface area contributed by atoms with E-state index >= 15 is 0 Å². The lowest BCUT2D eigenvalue weighted by Gasteiger charge is -2.43. The number of likely N-dealkylation sites (tertiary alicyclic amines) is 1. The first-order valence-electron chi connectivity index (χ1n) is 11.8. The Morgan fingerprint density at radius 1 is 1.19 bits per heavy atom. The van der Waals surface area contributed by atoms with Crippen LogP contribution in [0.2, 0.25) is 0 Å². The van der Waals surface area contributed by atoms with Gasteiger partial charge in [-0.1, -0.05) is 6.07 Å². The van der Waals surface area contributed by atoms with E-state index in [-0.39, 0.29) is 17.4 Å². The fourth-order valence-electron chi connectivity index (χ4n) is 4.82. The monoisotopic (exact) mass is 445 g/mol. The van der Waals surface area contributed by atoms with Gasteiger partial charge in [-0.25, -0.2) is 0 Å². The van der Waals surface area contributed by atoms with Crippen molar-refractivity contribution in [1.29, 1.82) is 0 Å². The third kappa shape index (κ3) is 6.59. The van der Waals surface area contributed by atoms with Gasteiger partial charge in [-0.2, -0.15) is 0 Å². The minimum atomic E-state index is -0.743. The number of pyridine rings is 1. The molecule has 0 saturated carbocycles. The normalized spacial score (nSPS) is 29.1. The molecule has 0 aliphatic carbocycles. The minimum Gasteiger partial charge on any atom is -0.457 e. The summed E-state index contributed by atoms with van der Waals surface area (Å²) in [5.74, 6) is -1.19. The summed E-state index contributed by atoms with van der Waals surface area (Å²) in [7, 11) is 3.80. The number of hydrogen-bond acceptors (Lipinski definition) is 7. The average molecular weight is 446 g/mol. The van der Waals surface area contributed by atoms with Gasteiger partial charge in [-0.15, -0.1) is 0 Å². The lowest BCUT2D eigenvalue weighted by atomic mass is 9.89. The van der Waals surface area contributed by atoms with Crippen LogP contribution in [0.3, 0.4) is 0 Å². The fourth-order valence-corrected chi connectivity index (χ4v) is 4.82. The molecule has 3 heterocycles. The number of carbonyl (C=O) groups excluding carboxylic acids is 2. The van der Waals surface area contributed by atoms with Gasteiger partial charge >= 0.3 is 5.97 Å². The number of hydrogen-bond donors (Lipinski definition) is 0. The molecule has 2 aliphatic rings. The zero-order valence-corrected chi connectivity index (χ0v) is 20.1. The van der Waals surface area contributed by atoms with Crippen molar-refractivity contribution in [3.63, 3.8) is 0 Å². The highest BCUT2D eigenvalue weighted by atomic mass is 16.6. The van der Waals surface area contributed by atoms with Crippen LogP contribution in [-0.2, 0) is 25.6 Å². The first-order valence-corrected chi connectivity index (χ1v) is 11.8. The third-order valence-corrected chi connectivity index (χ3v) is 7.25. The van der Waals surface area contributed by atoms with E-state index in [2.05, 4.69) is 34.8 Å². The van der Waals surface area contributed by atoms with Crippen LogP contribution in [0.5, 0.6) is 0 Å². The number of carbonyl (C=O) groups is 2. The van der Waals surface area contributed by atoms with Gasteiger partial charge in [0.1, 0.15) is 17.3 Å². The molecule has 1 spiro atoms. The van der Waals surface area contributed by atoms with E-state index in [0.29, 0.717) is 19.4 Å². The fraction of sp³-hybridized carbons (Fsp3) is 0.720. The van der Waals surface area contributed by atoms with Crippen LogP contribution in [-0.4, -0.2) is 78.1 Å². The molecular formula is C25H39N3O4. The maximum atomic E-state index is 13.0. The Kier molecular flexibility index (Phi) is 8.42. The highest BCUT2D eigenvalue weighted by molar-refractivity contribution is 5.98.